The summed E-state index contributed by atoms with van der Waals surface area (Å²) in [6.45, 7) is 7.25. The third-order valence-electron chi connectivity index (χ3n) is 2.72. The fraction of sp³-hybridized carbons (Fsp3) is 0.500. The molecule has 2 aromatic rings. The minimum Gasteiger partial charge on any atom is -0.285 e. The summed E-state index contributed by atoms with van der Waals surface area (Å²) in [6, 6.07) is 1.80. The average Bonchev–Trinajstić information content (AvgIpc) is 2.95. The van der Waals surface area contributed by atoms with Crippen molar-refractivity contribution >= 4 is 5.78 Å². The highest BCUT2D eigenvalue weighted by Gasteiger charge is 2.19. The van der Waals surface area contributed by atoms with E-state index < -0.39 is 0 Å². The lowest BCUT2D eigenvalue weighted by atomic mass is 10.2. The van der Waals surface area contributed by atoms with Crippen LogP contribution in [0.5, 0.6) is 0 Å². The number of aryl methyl sites for hydroxylation is 3. The Kier molecular flexibility index (Phi) is 3.55. The Balaban J connectivity index is 2.38. The molecule has 0 amide bonds. The van der Waals surface area contributed by atoms with Crippen LogP contribution >= 0.6 is 0 Å². The van der Waals surface area contributed by atoms with E-state index in [1.807, 2.05) is 20.8 Å². The standard InChI is InChI=1S/C12H17N5O/c1-4-6-17-11(8-13-15-17)12(18)10-7-9(3)14-16(10)5-2/h7-8H,4-6H2,1-3H3. The van der Waals surface area contributed by atoms with Crippen molar-refractivity contribution in [2.45, 2.75) is 40.3 Å². The summed E-state index contributed by atoms with van der Waals surface area (Å²) in [6.07, 6.45) is 2.43. The average molecular weight is 247 g/mol. The number of ketones is 1. The maximum atomic E-state index is 12.4. The number of carbonyl (C=O) groups is 1. The monoisotopic (exact) mass is 247 g/mol. The van der Waals surface area contributed by atoms with Crippen LogP contribution in [0.25, 0.3) is 0 Å². The second kappa shape index (κ2) is 5.12. The summed E-state index contributed by atoms with van der Waals surface area (Å²) in [4.78, 5) is 12.4. The predicted molar refractivity (Wildman–Crippen MR) is 66.4 cm³/mol. The predicted octanol–water partition coefficient (Wildman–Crippen LogP) is 1.44. The largest absolute Gasteiger partial charge is 0.285 e. The SMILES string of the molecule is CCCn1nncc1C(=O)c1cc(C)nn1CC. The van der Waals surface area contributed by atoms with Crippen molar-refractivity contribution in [1.29, 1.82) is 0 Å². The highest BCUT2D eigenvalue weighted by Crippen LogP contribution is 2.11. The van der Waals surface area contributed by atoms with Gasteiger partial charge in [0, 0.05) is 13.1 Å². The fourth-order valence-corrected chi connectivity index (χ4v) is 1.91. The molecular weight excluding hydrogens is 230 g/mol. The van der Waals surface area contributed by atoms with Crippen molar-refractivity contribution in [2.75, 3.05) is 0 Å². The summed E-state index contributed by atoms with van der Waals surface area (Å²) >= 11 is 0. The Morgan fingerprint density at radius 2 is 2.06 bits per heavy atom. The van der Waals surface area contributed by atoms with Gasteiger partial charge in [0.25, 0.3) is 0 Å². The summed E-state index contributed by atoms with van der Waals surface area (Å²) in [5, 5.41) is 12.0. The van der Waals surface area contributed by atoms with Crippen LogP contribution < -0.4 is 0 Å². The van der Waals surface area contributed by atoms with Gasteiger partial charge in [-0.05, 0) is 26.3 Å². The lowest BCUT2D eigenvalue weighted by molar-refractivity contribution is 0.101. The zero-order valence-corrected chi connectivity index (χ0v) is 10.9. The molecule has 0 radical (unpaired) electrons. The zero-order chi connectivity index (χ0) is 13.1. The van der Waals surface area contributed by atoms with Gasteiger partial charge in [0.15, 0.2) is 0 Å². The number of hydrogen-bond donors (Lipinski definition) is 0. The second-order valence-electron chi connectivity index (χ2n) is 4.16. The molecule has 0 saturated carbocycles. The number of carbonyl (C=O) groups excluding carboxylic acids is 1. The van der Waals surface area contributed by atoms with E-state index in [2.05, 4.69) is 15.4 Å². The van der Waals surface area contributed by atoms with Gasteiger partial charge in [0.1, 0.15) is 11.4 Å². The highest BCUT2D eigenvalue weighted by molar-refractivity contribution is 6.06. The molecule has 0 spiro atoms. The first-order chi connectivity index (χ1) is 8.67. The summed E-state index contributed by atoms with van der Waals surface area (Å²) in [5.74, 6) is -0.0732. The van der Waals surface area contributed by atoms with Crippen LogP contribution in [0, 0.1) is 6.92 Å². The van der Waals surface area contributed by atoms with Crippen molar-refractivity contribution in [3.63, 3.8) is 0 Å². The molecule has 0 unspecified atom stereocenters. The molecule has 0 aromatic carbocycles. The molecular formula is C12H17N5O. The third kappa shape index (κ3) is 2.18. The van der Waals surface area contributed by atoms with Gasteiger partial charge in [0.2, 0.25) is 5.78 Å². The molecule has 0 aliphatic rings. The quantitative estimate of drug-likeness (QED) is 0.750. The van der Waals surface area contributed by atoms with E-state index in [4.69, 9.17) is 0 Å². The lowest BCUT2D eigenvalue weighted by Gasteiger charge is -2.05. The molecule has 96 valence electrons. The van der Waals surface area contributed by atoms with Gasteiger partial charge < -0.3 is 0 Å². The lowest BCUT2D eigenvalue weighted by Crippen LogP contribution is -2.15. The molecule has 0 N–H and O–H groups in total. The van der Waals surface area contributed by atoms with Crippen LogP contribution in [-0.4, -0.2) is 30.6 Å². The van der Waals surface area contributed by atoms with Crippen LogP contribution in [0.1, 0.15) is 42.1 Å². The zero-order valence-electron chi connectivity index (χ0n) is 10.9. The minimum atomic E-state index is -0.0732. The van der Waals surface area contributed by atoms with E-state index >= 15 is 0 Å². The van der Waals surface area contributed by atoms with Crippen LogP contribution in [0.3, 0.4) is 0 Å². The molecule has 2 heterocycles. The van der Waals surface area contributed by atoms with Crippen molar-refractivity contribution < 1.29 is 4.79 Å². The van der Waals surface area contributed by atoms with Gasteiger partial charge in [-0.25, -0.2) is 4.68 Å². The van der Waals surface area contributed by atoms with Gasteiger partial charge in [0.05, 0.1) is 11.9 Å². The van der Waals surface area contributed by atoms with E-state index in [0.717, 1.165) is 12.1 Å². The van der Waals surface area contributed by atoms with Crippen LogP contribution in [0.15, 0.2) is 12.3 Å². The van der Waals surface area contributed by atoms with Crippen LogP contribution in [0.2, 0.25) is 0 Å². The topological polar surface area (TPSA) is 65.6 Å². The Morgan fingerprint density at radius 1 is 1.28 bits per heavy atom. The van der Waals surface area contributed by atoms with E-state index in [9.17, 15) is 4.79 Å². The minimum absolute atomic E-state index is 0.0732. The number of nitrogens with zero attached hydrogens (tertiary/aromatic N) is 5. The van der Waals surface area contributed by atoms with E-state index in [1.165, 1.54) is 6.20 Å². The van der Waals surface area contributed by atoms with Crippen LogP contribution in [0.4, 0.5) is 0 Å². The van der Waals surface area contributed by atoms with E-state index in [1.54, 1.807) is 15.4 Å². The molecule has 0 atom stereocenters. The van der Waals surface area contributed by atoms with Gasteiger partial charge >= 0.3 is 0 Å². The number of aromatic nitrogens is 5. The molecule has 6 heteroatoms. The molecule has 0 aliphatic heterocycles. The Morgan fingerprint density at radius 3 is 2.72 bits per heavy atom. The molecule has 0 saturated heterocycles. The van der Waals surface area contributed by atoms with Gasteiger partial charge in [-0.15, -0.1) is 5.10 Å². The molecule has 0 fully saturated rings. The first kappa shape index (κ1) is 12.5. The van der Waals surface area contributed by atoms with E-state index in [-0.39, 0.29) is 5.78 Å². The van der Waals surface area contributed by atoms with Crippen LogP contribution in [-0.2, 0) is 13.1 Å². The Labute approximate surface area is 106 Å². The van der Waals surface area contributed by atoms with Crippen molar-refractivity contribution in [1.82, 2.24) is 24.8 Å². The molecule has 0 bridgehead atoms. The Hall–Kier alpha value is -1.98. The molecule has 0 aliphatic carbocycles. The molecule has 18 heavy (non-hydrogen) atoms. The smallest absolute Gasteiger partial charge is 0.230 e. The maximum Gasteiger partial charge on any atom is 0.230 e. The van der Waals surface area contributed by atoms with Gasteiger partial charge in [-0.2, -0.15) is 5.10 Å². The van der Waals surface area contributed by atoms with Crippen molar-refractivity contribution in [3.05, 3.63) is 29.3 Å². The first-order valence-electron chi connectivity index (χ1n) is 6.15. The van der Waals surface area contributed by atoms with Crippen molar-refractivity contribution in [3.8, 4) is 0 Å². The number of hydrogen-bond acceptors (Lipinski definition) is 4. The molecule has 2 rings (SSSR count). The maximum absolute atomic E-state index is 12.4. The number of rotatable bonds is 5. The molecule has 6 nitrogen and oxygen atoms in total. The first-order valence-corrected chi connectivity index (χ1v) is 6.15. The summed E-state index contributed by atoms with van der Waals surface area (Å²) in [5.41, 5.74) is 1.95. The Bertz CT molecular complexity index is 555. The van der Waals surface area contributed by atoms with Gasteiger partial charge in [-0.3, -0.25) is 9.48 Å². The second-order valence-corrected chi connectivity index (χ2v) is 4.16. The summed E-state index contributed by atoms with van der Waals surface area (Å²) in [7, 11) is 0. The third-order valence-corrected chi connectivity index (χ3v) is 2.72. The van der Waals surface area contributed by atoms with E-state index in [0.29, 0.717) is 24.5 Å². The highest BCUT2D eigenvalue weighted by atomic mass is 16.1. The summed E-state index contributed by atoms with van der Waals surface area (Å²) < 4.78 is 3.35. The van der Waals surface area contributed by atoms with Crippen molar-refractivity contribution in [2.24, 2.45) is 0 Å². The fourth-order valence-electron chi connectivity index (χ4n) is 1.91. The van der Waals surface area contributed by atoms with Gasteiger partial charge in [-0.1, -0.05) is 12.1 Å². The molecule has 2 aromatic heterocycles. The normalized spacial score (nSPS) is 10.8.